The molecule has 0 saturated heterocycles. The van der Waals surface area contributed by atoms with Gasteiger partial charge in [0.05, 0.1) is 5.52 Å². The lowest BCUT2D eigenvalue weighted by Gasteiger charge is -2.19. The molecule has 2 aromatic carbocycles. The van der Waals surface area contributed by atoms with Crippen molar-refractivity contribution < 1.29 is 14.3 Å². The van der Waals surface area contributed by atoms with E-state index in [1.807, 2.05) is 13.0 Å². The first kappa shape index (κ1) is 14.5. The Morgan fingerprint density at radius 1 is 1.17 bits per heavy atom. The number of ether oxygens (including phenoxy) is 2. The van der Waals surface area contributed by atoms with E-state index >= 15 is 0 Å². The highest BCUT2D eigenvalue weighted by Crippen LogP contribution is 2.32. The number of fused-ring (bicyclic) bond motifs is 2. The third kappa shape index (κ3) is 2.54. The highest BCUT2D eigenvalue weighted by Gasteiger charge is 2.14. The van der Waals surface area contributed by atoms with Crippen molar-refractivity contribution in [1.29, 1.82) is 0 Å². The average molecular weight is 324 g/mol. The maximum atomic E-state index is 12.5. The molecule has 4 rings (SSSR count). The molecule has 2 heterocycles. The fraction of sp³-hybridized carbons (Fsp3) is 0.235. The second-order valence-electron chi connectivity index (χ2n) is 5.42. The van der Waals surface area contributed by atoms with Gasteiger partial charge in [0.2, 0.25) is 0 Å². The Morgan fingerprint density at radius 2 is 2.00 bits per heavy atom. The highest BCUT2D eigenvalue weighted by molar-refractivity contribution is 6.06. The molecule has 0 bridgehead atoms. The minimum Gasteiger partial charge on any atom is -0.486 e. The number of rotatable bonds is 3. The Hall–Kier alpha value is -3.09. The predicted molar refractivity (Wildman–Crippen MR) is 88.6 cm³/mol. The van der Waals surface area contributed by atoms with E-state index in [1.165, 1.54) is 0 Å². The van der Waals surface area contributed by atoms with Crippen molar-refractivity contribution in [2.75, 3.05) is 18.5 Å². The maximum Gasteiger partial charge on any atom is 0.255 e. The van der Waals surface area contributed by atoms with E-state index < -0.39 is 0 Å². The van der Waals surface area contributed by atoms with Crippen LogP contribution in [0.25, 0.3) is 11.0 Å². The zero-order chi connectivity index (χ0) is 16.5. The van der Waals surface area contributed by atoms with Crippen LogP contribution in [0.3, 0.4) is 0 Å². The first-order valence-electron chi connectivity index (χ1n) is 7.79. The minimum absolute atomic E-state index is 0.209. The van der Waals surface area contributed by atoms with E-state index in [0.717, 1.165) is 12.1 Å². The second-order valence-corrected chi connectivity index (χ2v) is 5.42. The van der Waals surface area contributed by atoms with Gasteiger partial charge in [-0.2, -0.15) is 0 Å². The summed E-state index contributed by atoms with van der Waals surface area (Å²) in [5.74, 6) is 1.12. The molecule has 24 heavy (non-hydrogen) atoms. The van der Waals surface area contributed by atoms with Gasteiger partial charge < -0.3 is 14.8 Å². The summed E-state index contributed by atoms with van der Waals surface area (Å²) < 4.78 is 12.8. The van der Waals surface area contributed by atoms with Crippen LogP contribution in [0.1, 0.15) is 17.3 Å². The maximum absolute atomic E-state index is 12.5. The number of hydrogen-bond acceptors (Lipinski definition) is 5. The summed E-state index contributed by atoms with van der Waals surface area (Å²) in [5.41, 5.74) is 2.79. The third-order valence-electron chi connectivity index (χ3n) is 3.88. The molecule has 0 saturated carbocycles. The van der Waals surface area contributed by atoms with Crippen molar-refractivity contribution in [3.05, 3.63) is 42.0 Å². The molecule has 3 aromatic rings. The molecule has 1 aromatic heterocycles. The molecule has 0 fully saturated rings. The zero-order valence-electron chi connectivity index (χ0n) is 13.2. The van der Waals surface area contributed by atoms with Crippen LogP contribution in [0, 0.1) is 0 Å². The second kappa shape index (κ2) is 5.84. The van der Waals surface area contributed by atoms with Gasteiger partial charge in [-0.15, -0.1) is 5.10 Å². The monoisotopic (exact) mass is 324 g/mol. The van der Waals surface area contributed by atoms with Gasteiger partial charge in [-0.3, -0.25) is 4.79 Å². The summed E-state index contributed by atoms with van der Waals surface area (Å²) in [6.07, 6.45) is 0. The van der Waals surface area contributed by atoms with Crippen LogP contribution in [0.5, 0.6) is 11.5 Å². The molecule has 1 aliphatic heterocycles. The molecule has 0 aliphatic carbocycles. The summed E-state index contributed by atoms with van der Waals surface area (Å²) >= 11 is 0. The largest absolute Gasteiger partial charge is 0.486 e. The molecule has 0 atom stereocenters. The number of aromatic nitrogens is 3. The standard InChI is InChI=1S/C17H16N4O3/c1-2-21-14-5-3-11(9-13(14)19-20-21)17(22)18-12-4-6-15-16(10-12)24-8-7-23-15/h3-6,9-10H,2,7-8H2,1H3,(H,18,22). The van der Waals surface area contributed by atoms with Gasteiger partial charge in [-0.1, -0.05) is 5.21 Å². The van der Waals surface area contributed by atoms with Crippen LogP contribution in [0.4, 0.5) is 5.69 Å². The van der Waals surface area contributed by atoms with Crippen LogP contribution in [-0.4, -0.2) is 34.1 Å². The van der Waals surface area contributed by atoms with Gasteiger partial charge in [-0.25, -0.2) is 4.68 Å². The van der Waals surface area contributed by atoms with Crippen molar-refractivity contribution in [3.63, 3.8) is 0 Å². The summed E-state index contributed by atoms with van der Waals surface area (Å²) in [5, 5.41) is 11.0. The number of amides is 1. The Kier molecular flexibility index (Phi) is 3.53. The molecule has 7 nitrogen and oxygen atoms in total. The minimum atomic E-state index is -0.209. The number of aryl methyl sites for hydroxylation is 1. The number of anilines is 1. The molecular formula is C17H16N4O3. The topological polar surface area (TPSA) is 78.3 Å². The van der Waals surface area contributed by atoms with E-state index in [-0.39, 0.29) is 5.91 Å². The van der Waals surface area contributed by atoms with Gasteiger partial charge in [0.25, 0.3) is 5.91 Å². The predicted octanol–water partition coefficient (Wildman–Crippen LogP) is 2.47. The van der Waals surface area contributed by atoms with Gasteiger partial charge in [0.15, 0.2) is 11.5 Å². The fourth-order valence-electron chi connectivity index (χ4n) is 2.67. The van der Waals surface area contributed by atoms with E-state index in [0.29, 0.717) is 41.5 Å². The van der Waals surface area contributed by atoms with E-state index in [2.05, 4.69) is 15.6 Å². The average Bonchev–Trinajstić information content (AvgIpc) is 3.04. The van der Waals surface area contributed by atoms with Crippen molar-refractivity contribution in [2.45, 2.75) is 13.5 Å². The Bertz CT molecular complexity index is 919. The lowest BCUT2D eigenvalue weighted by molar-refractivity contribution is 0.102. The van der Waals surface area contributed by atoms with Crippen molar-refractivity contribution in [1.82, 2.24) is 15.0 Å². The Morgan fingerprint density at radius 3 is 2.83 bits per heavy atom. The van der Waals surface area contributed by atoms with Gasteiger partial charge >= 0.3 is 0 Å². The summed E-state index contributed by atoms with van der Waals surface area (Å²) in [4.78, 5) is 12.5. The molecule has 122 valence electrons. The number of benzene rings is 2. The zero-order valence-corrected chi connectivity index (χ0v) is 13.2. The summed E-state index contributed by atoms with van der Waals surface area (Å²) in [7, 11) is 0. The van der Waals surface area contributed by atoms with Crippen LogP contribution < -0.4 is 14.8 Å². The molecule has 0 spiro atoms. The normalized spacial score (nSPS) is 13.0. The molecule has 1 N–H and O–H groups in total. The van der Waals surface area contributed by atoms with Crippen LogP contribution in [0.2, 0.25) is 0 Å². The van der Waals surface area contributed by atoms with Crippen molar-refractivity contribution in [3.8, 4) is 11.5 Å². The van der Waals surface area contributed by atoms with E-state index in [1.54, 1.807) is 35.0 Å². The third-order valence-corrected chi connectivity index (χ3v) is 3.88. The smallest absolute Gasteiger partial charge is 0.255 e. The van der Waals surface area contributed by atoms with Gasteiger partial charge in [0, 0.05) is 23.9 Å². The number of nitrogens with zero attached hydrogens (tertiary/aromatic N) is 3. The van der Waals surface area contributed by atoms with Gasteiger partial charge in [-0.05, 0) is 37.3 Å². The molecule has 7 heteroatoms. The molecule has 1 amide bonds. The molecular weight excluding hydrogens is 308 g/mol. The number of carbonyl (C=O) groups excluding carboxylic acids is 1. The first-order valence-corrected chi connectivity index (χ1v) is 7.79. The SMILES string of the molecule is CCn1nnc2cc(C(=O)Nc3ccc4c(c3)OCCO4)ccc21. The van der Waals surface area contributed by atoms with E-state index in [9.17, 15) is 4.79 Å². The molecule has 1 aliphatic rings. The lowest BCUT2D eigenvalue weighted by atomic mass is 10.1. The Labute approximate surface area is 138 Å². The Balaban J connectivity index is 1.57. The van der Waals surface area contributed by atoms with Crippen molar-refractivity contribution >= 4 is 22.6 Å². The van der Waals surface area contributed by atoms with Crippen LogP contribution >= 0.6 is 0 Å². The summed E-state index contributed by atoms with van der Waals surface area (Å²) in [6, 6.07) is 10.7. The number of nitrogens with one attached hydrogen (secondary N) is 1. The van der Waals surface area contributed by atoms with Crippen LogP contribution in [0.15, 0.2) is 36.4 Å². The van der Waals surface area contributed by atoms with E-state index in [4.69, 9.17) is 9.47 Å². The lowest BCUT2D eigenvalue weighted by Crippen LogP contribution is -2.16. The van der Waals surface area contributed by atoms with Crippen LogP contribution in [-0.2, 0) is 6.54 Å². The number of carbonyl (C=O) groups is 1. The van der Waals surface area contributed by atoms with Gasteiger partial charge in [0.1, 0.15) is 18.7 Å². The highest BCUT2D eigenvalue weighted by atomic mass is 16.6. The molecule has 0 unspecified atom stereocenters. The first-order chi connectivity index (χ1) is 11.7. The quantitative estimate of drug-likeness (QED) is 0.801. The fourth-order valence-corrected chi connectivity index (χ4v) is 2.67. The number of hydrogen-bond donors (Lipinski definition) is 1. The summed E-state index contributed by atoms with van der Waals surface area (Å²) in [6.45, 7) is 3.78. The van der Waals surface area contributed by atoms with Crippen molar-refractivity contribution in [2.24, 2.45) is 0 Å². The molecule has 0 radical (unpaired) electrons.